The molecule has 0 bridgehead atoms. The SMILES string of the molecule is Cc1ccc(CCC(=O)CCCCCn2c(SCC(=O)c3ccc(Cl)cc3)nc3ccsc3c2=O)cc1. The number of rotatable bonds is 13. The second-order valence-electron chi connectivity index (χ2n) is 9.04. The van der Waals surface area contributed by atoms with E-state index in [-0.39, 0.29) is 22.9 Å². The number of carbonyl (C=O) groups excluding carboxylic acids is 2. The summed E-state index contributed by atoms with van der Waals surface area (Å²) in [6, 6.07) is 16.9. The van der Waals surface area contributed by atoms with Gasteiger partial charge >= 0.3 is 0 Å². The Hall–Kier alpha value is -2.74. The van der Waals surface area contributed by atoms with Gasteiger partial charge in [-0.3, -0.25) is 19.0 Å². The number of unbranched alkanes of at least 4 members (excludes halogenated alkanes) is 2. The van der Waals surface area contributed by atoms with Crippen LogP contribution in [-0.2, 0) is 17.8 Å². The number of hydrogen-bond donors (Lipinski definition) is 0. The number of halogens is 1. The molecule has 0 radical (unpaired) electrons. The third-order valence-electron chi connectivity index (χ3n) is 6.18. The van der Waals surface area contributed by atoms with E-state index in [4.69, 9.17) is 11.6 Å². The van der Waals surface area contributed by atoms with Crippen molar-refractivity contribution in [1.82, 2.24) is 9.55 Å². The first-order valence-electron chi connectivity index (χ1n) is 12.4. The van der Waals surface area contributed by atoms with Crippen LogP contribution in [0.4, 0.5) is 0 Å². The molecular formula is C29H29ClN2O3S2. The van der Waals surface area contributed by atoms with Crippen LogP contribution >= 0.6 is 34.7 Å². The summed E-state index contributed by atoms with van der Waals surface area (Å²) in [5.74, 6) is 0.410. The highest BCUT2D eigenvalue weighted by Crippen LogP contribution is 2.23. The fourth-order valence-corrected chi connectivity index (χ4v) is 5.84. The summed E-state index contributed by atoms with van der Waals surface area (Å²) in [6.45, 7) is 2.56. The van der Waals surface area contributed by atoms with Crippen LogP contribution in [0.15, 0.2) is 69.9 Å². The molecule has 0 aliphatic heterocycles. The van der Waals surface area contributed by atoms with Gasteiger partial charge in [0.05, 0.1) is 11.3 Å². The van der Waals surface area contributed by atoms with Gasteiger partial charge in [0.15, 0.2) is 10.9 Å². The molecule has 2 heterocycles. The largest absolute Gasteiger partial charge is 0.300 e. The van der Waals surface area contributed by atoms with Crippen LogP contribution in [0.2, 0.25) is 5.02 Å². The van der Waals surface area contributed by atoms with E-state index >= 15 is 0 Å². The number of aromatic nitrogens is 2. The normalized spacial score (nSPS) is 11.2. The van der Waals surface area contributed by atoms with Gasteiger partial charge in [0, 0.05) is 30.0 Å². The zero-order chi connectivity index (χ0) is 26.2. The molecule has 4 aromatic rings. The van der Waals surface area contributed by atoms with Gasteiger partial charge in [0.1, 0.15) is 10.5 Å². The number of thioether (sulfide) groups is 1. The molecule has 4 rings (SSSR count). The second kappa shape index (κ2) is 13.2. The number of carbonyl (C=O) groups is 2. The van der Waals surface area contributed by atoms with Gasteiger partial charge in [-0.15, -0.1) is 11.3 Å². The van der Waals surface area contributed by atoms with Crippen LogP contribution in [0.1, 0.15) is 53.6 Å². The number of nitrogens with zero attached hydrogens (tertiary/aromatic N) is 2. The maximum atomic E-state index is 13.1. The van der Waals surface area contributed by atoms with Crippen molar-refractivity contribution in [3.05, 3.63) is 92.0 Å². The van der Waals surface area contributed by atoms with Crippen molar-refractivity contribution < 1.29 is 9.59 Å². The molecule has 37 heavy (non-hydrogen) atoms. The molecule has 0 atom stereocenters. The quantitative estimate of drug-likeness (QED) is 0.0761. The van der Waals surface area contributed by atoms with E-state index in [1.165, 1.54) is 34.2 Å². The average Bonchev–Trinajstić information content (AvgIpc) is 3.37. The van der Waals surface area contributed by atoms with Crippen molar-refractivity contribution in [3.8, 4) is 0 Å². The fourth-order valence-electron chi connectivity index (χ4n) is 4.01. The van der Waals surface area contributed by atoms with E-state index in [1.807, 2.05) is 11.4 Å². The molecule has 2 aromatic heterocycles. The summed E-state index contributed by atoms with van der Waals surface area (Å²) >= 11 is 8.59. The minimum absolute atomic E-state index is 0.0444. The number of ketones is 2. The predicted molar refractivity (Wildman–Crippen MR) is 153 cm³/mol. The van der Waals surface area contributed by atoms with Gasteiger partial charge in [-0.05, 0) is 67.5 Å². The molecule has 0 saturated carbocycles. The van der Waals surface area contributed by atoms with Crippen LogP contribution in [0, 0.1) is 6.92 Å². The van der Waals surface area contributed by atoms with Gasteiger partial charge in [-0.1, -0.05) is 59.6 Å². The highest BCUT2D eigenvalue weighted by Gasteiger charge is 2.15. The fraction of sp³-hybridized carbons (Fsp3) is 0.310. The van der Waals surface area contributed by atoms with Crippen molar-refractivity contribution in [2.75, 3.05) is 5.75 Å². The molecule has 0 spiro atoms. The van der Waals surface area contributed by atoms with Crippen molar-refractivity contribution in [2.24, 2.45) is 0 Å². The van der Waals surface area contributed by atoms with Gasteiger partial charge in [-0.2, -0.15) is 0 Å². The summed E-state index contributed by atoms with van der Waals surface area (Å²) in [7, 11) is 0. The highest BCUT2D eigenvalue weighted by atomic mass is 35.5. The third kappa shape index (κ3) is 7.63. The lowest BCUT2D eigenvalue weighted by molar-refractivity contribution is -0.119. The summed E-state index contributed by atoms with van der Waals surface area (Å²) in [5.41, 5.74) is 3.57. The summed E-state index contributed by atoms with van der Waals surface area (Å²) < 4.78 is 2.30. The Labute approximate surface area is 229 Å². The Morgan fingerprint density at radius 3 is 2.49 bits per heavy atom. The third-order valence-corrected chi connectivity index (χ3v) is 8.30. The summed E-state index contributed by atoms with van der Waals surface area (Å²) in [5, 5.41) is 2.99. The first kappa shape index (κ1) is 27.3. The minimum Gasteiger partial charge on any atom is -0.300 e. The molecule has 2 aromatic carbocycles. The molecule has 0 aliphatic carbocycles. The molecule has 8 heteroatoms. The lowest BCUT2D eigenvalue weighted by atomic mass is 10.0. The Kier molecular flexibility index (Phi) is 9.72. The molecule has 0 aliphatic rings. The molecule has 0 N–H and O–H groups in total. The Balaban J connectivity index is 1.30. The van der Waals surface area contributed by atoms with E-state index in [9.17, 15) is 14.4 Å². The number of fused-ring (bicyclic) bond motifs is 1. The van der Waals surface area contributed by atoms with Crippen LogP contribution in [0.5, 0.6) is 0 Å². The first-order valence-corrected chi connectivity index (χ1v) is 14.6. The zero-order valence-corrected chi connectivity index (χ0v) is 23.1. The maximum absolute atomic E-state index is 13.1. The van der Waals surface area contributed by atoms with E-state index in [2.05, 4.69) is 36.2 Å². The lowest BCUT2D eigenvalue weighted by Gasteiger charge is -2.12. The van der Waals surface area contributed by atoms with E-state index < -0.39 is 0 Å². The molecule has 0 amide bonds. The standard InChI is InChI=1S/C29H29ClN2O3S2/c1-20-6-8-21(9-7-20)10-15-24(33)5-3-2-4-17-32-28(35)27-25(16-18-36-27)31-29(32)37-19-26(34)22-11-13-23(30)14-12-22/h6-9,11-14,16,18H,2-5,10,15,17,19H2,1H3. The van der Waals surface area contributed by atoms with E-state index in [0.29, 0.717) is 45.3 Å². The summed E-state index contributed by atoms with van der Waals surface area (Å²) in [6.07, 6.45) is 4.30. The average molecular weight is 553 g/mol. The van der Waals surface area contributed by atoms with Crippen molar-refractivity contribution in [3.63, 3.8) is 0 Å². The number of aryl methyl sites for hydroxylation is 2. The number of benzene rings is 2. The smallest absolute Gasteiger partial charge is 0.272 e. The Morgan fingerprint density at radius 2 is 1.73 bits per heavy atom. The highest BCUT2D eigenvalue weighted by molar-refractivity contribution is 7.99. The van der Waals surface area contributed by atoms with E-state index in [1.54, 1.807) is 28.8 Å². The van der Waals surface area contributed by atoms with Crippen molar-refractivity contribution >= 4 is 56.5 Å². The molecular weight excluding hydrogens is 524 g/mol. The van der Waals surface area contributed by atoms with Crippen LogP contribution < -0.4 is 5.56 Å². The van der Waals surface area contributed by atoms with Gasteiger partial charge in [0.25, 0.3) is 5.56 Å². The first-order chi connectivity index (χ1) is 17.9. The molecule has 0 saturated heterocycles. The molecule has 192 valence electrons. The van der Waals surface area contributed by atoms with Gasteiger partial charge < -0.3 is 0 Å². The van der Waals surface area contributed by atoms with Crippen molar-refractivity contribution in [2.45, 2.75) is 57.1 Å². The lowest BCUT2D eigenvalue weighted by Crippen LogP contribution is -2.23. The Bertz CT molecular complexity index is 1430. The zero-order valence-electron chi connectivity index (χ0n) is 20.7. The molecule has 5 nitrogen and oxygen atoms in total. The van der Waals surface area contributed by atoms with Crippen LogP contribution in [-0.4, -0.2) is 26.9 Å². The van der Waals surface area contributed by atoms with Crippen LogP contribution in [0.3, 0.4) is 0 Å². The van der Waals surface area contributed by atoms with Crippen LogP contribution in [0.25, 0.3) is 10.2 Å². The van der Waals surface area contributed by atoms with Gasteiger partial charge in [0.2, 0.25) is 0 Å². The summed E-state index contributed by atoms with van der Waals surface area (Å²) in [4.78, 5) is 42.8. The van der Waals surface area contributed by atoms with Gasteiger partial charge in [-0.25, -0.2) is 4.98 Å². The Morgan fingerprint density at radius 1 is 0.973 bits per heavy atom. The number of Topliss-reactive ketones (excluding diaryl/α,β-unsaturated/α-hetero) is 2. The minimum atomic E-state index is -0.0735. The second-order valence-corrected chi connectivity index (χ2v) is 11.3. The number of hydrogen-bond acceptors (Lipinski definition) is 6. The van der Waals surface area contributed by atoms with Crippen molar-refractivity contribution in [1.29, 1.82) is 0 Å². The monoisotopic (exact) mass is 552 g/mol. The predicted octanol–water partition coefficient (Wildman–Crippen LogP) is 7.16. The topological polar surface area (TPSA) is 69.0 Å². The maximum Gasteiger partial charge on any atom is 0.272 e. The van der Waals surface area contributed by atoms with E-state index in [0.717, 1.165) is 25.7 Å². The number of thiophene rings is 1. The molecule has 0 fully saturated rings. The molecule has 0 unspecified atom stereocenters.